The molecule has 1 unspecified atom stereocenters. The summed E-state index contributed by atoms with van der Waals surface area (Å²) in [7, 11) is 0. The van der Waals surface area contributed by atoms with Crippen LogP contribution < -0.4 is 4.74 Å². The molecule has 1 fully saturated rings. The number of aliphatic hydroxyl groups excluding tert-OH is 1. The molecule has 0 amide bonds. The van der Waals surface area contributed by atoms with Crippen LogP contribution in [0.5, 0.6) is 5.75 Å². The van der Waals surface area contributed by atoms with Crippen molar-refractivity contribution in [3.8, 4) is 5.75 Å². The summed E-state index contributed by atoms with van der Waals surface area (Å²) in [5.74, 6) is 0.869. The lowest BCUT2D eigenvalue weighted by Crippen LogP contribution is -2.31. The lowest BCUT2D eigenvalue weighted by Gasteiger charge is -2.25. The van der Waals surface area contributed by atoms with Crippen LogP contribution in [0.1, 0.15) is 51.2 Å². The number of aliphatic hydroxyl groups is 1. The number of benzene rings is 1. The third kappa shape index (κ3) is 4.50. The van der Waals surface area contributed by atoms with Gasteiger partial charge in [0.1, 0.15) is 5.75 Å². The second kappa shape index (κ2) is 7.65. The fraction of sp³-hybridized carbons (Fsp3) is 0.647. The molecule has 20 heavy (non-hydrogen) atoms. The highest BCUT2D eigenvalue weighted by molar-refractivity contribution is 5.28. The zero-order valence-electron chi connectivity index (χ0n) is 12.7. The summed E-state index contributed by atoms with van der Waals surface area (Å²) < 4.78 is 5.43. The number of unbranched alkanes of at least 4 members (excludes halogenated alkanes) is 1. The lowest BCUT2D eigenvalue weighted by atomic mass is 10.1. The first-order valence-electron chi connectivity index (χ1n) is 7.89. The third-order valence-electron chi connectivity index (χ3n) is 3.85. The molecule has 1 atom stereocenters. The second-order valence-electron chi connectivity index (χ2n) is 5.60. The van der Waals surface area contributed by atoms with Crippen molar-refractivity contribution in [1.82, 2.24) is 4.90 Å². The van der Waals surface area contributed by atoms with E-state index in [1.807, 2.05) is 31.2 Å². The first-order valence-corrected chi connectivity index (χ1v) is 7.89. The van der Waals surface area contributed by atoms with E-state index in [-0.39, 0.29) is 0 Å². The molecule has 112 valence electrons. The first kappa shape index (κ1) is 15.3. The van der Waals surface area contributed by atoms with Gasteiger partial charge >= 0.3 is 0 Å². The quantitative estimate of drug-likeness (QED) is 0.751. The van der Waals surface area contributed by atoms with E-state index in [1.165, 1.54) is 25.7 Å². The number of hydrogen-bond donors (Lipinski definition) is 1. The van der Waals surface area contributed by atoms with Crippen molar-refractivity contribution in [2.45, 2.75) is 51.7 Å². The largest absolute Gasteiger partial charge is 0.494 e. The summed E-state index contributed by atoms with van der Waals surface area (Å²) in [6.45, 7) is 6.72. The molecule has 3 heteroatoms. The van der Waals surface area contributed by atoms with Crippen LogP contribution >= 0.6 is 0 Å². The Morgan fingerprint density at radius 1 is 1.25 bits per heavy atom. The van der Waals surface area contributed by atoms with Crippen LogP contribution in [0.15, 0.2) is 24.3 Å². The average Bonchev–Trinajstić information content (AvgIpc) is 3.29. The zero-order chi connectivity index (χ0) is 14.4. The summed E-state index contributed by atoms with van der Waals surface area (Å²) in [6, 6.07) is 8.53. The molecule has 0 radical (unpaired) electrons. The van der Waals surface area contributed by atoms with E-state index in [1.54, 1.807) is 0 Å². The Kier molecular flexibility index (Phi) is 5.86. The molecule has 0 heterocycles. The predicted octanol–water partition coefficient (Wildman–Crippen LogP) is 3.38. The molecule has 2 rings (SSSR count). The van der Waals surface area contributed by atoms with Gasteiger partial charge in [0, 0.05) is 12.6 Å². The van der Waals surface area contributed by atoms with E-state index in [0.717, 1.165) is 24.4 Å². The van der Waals surface area contributed by atoms with E-state index < -0.39 is 6.10 Å². The lowest BCUT2D eigenvalue weighted by molar-refractivity contribution is 0.107. The number of ether oxygens (including phenoxy) is 1. The van der Waals surface area contributed by atoms with Crippen LogP contribution in [0.4, 0.5) is 0 Å². The van der Waals surface area contributed by atoms with Crippen LogP contribution in [0.2, 0.25) is 0 Å². The smallest absolute Gasteiger partial charge is 0.119 e. The number of nitrogens with zero attached hydrogens (tertiary/aromatic N) is 1. The highest BCUT2D eigenvalue weighted by Crippen LogP contribution is 2.29. The second-order valence-corrected chi connectivity index (χ2v) is 5.60. The van der Waals surface area contributed by atoms with Crippen molar-refractivity contribution in [3.63, 3.8) is 0 Å². The molecule has 0 aromatic heterocycles. The van der Waals surface area contributed by atoms with Gasteiger partial charge in [-0.2, -0.15) is 0 Å². The van der Waals surface area contributed by atoms with E-state index in [9.17, 15) is 5.11 Å². The Labute approximate surface area is 122 Å². The van der Waals surface area contributed by atoms with E-state index in [4.69, 9.17) is 4.74 Å². The van der Waals surface area contributed by atoms with Crippen molar-refractivity contribution in [1.29, 1.82) is 0 Å². The van der Waals surface area contributed by atoms with Gasteiger partial charge in [0.15, 0.2) is 0 Å². The van der Waals surface area contributed by atoms with Gasteiger partial charge < -0.3 is 9.84 Å². The maximum absolute atomic E-state index is 10.4. The van der Waals surface area contributed by atoms with Crippen LogP contribution in [0.25, 0.3) is 0 Å². The molecule has 0 spiro atoms. The van der Waals surface area contributed by atoms with Crippen molar-refractivity contribution < 1.29 is 9.84 Å². The van der Waals surface area contributed by atoms with E-state index in [0.29, 0.717) is 12.6 Å². The van der Waals surface area contributed by atoms with E-state index in [2.05, 4.69) is 11.8 Å². The number of rotatable bonds is 9. The minimum atomic E-state index is -0.400. The molecule has 1 aliphatic rings. The molecule has 1 saturated carbocycles. The van der Waals surface area contributed by atoms with Gasteiger partial charge in [-0.05, 0) is 50.4 Å². The van der Waals surface area contributed by atoms with Gasteiger partial charge in [-0.15, -0.1) is 0 Å². The zero-order valence-corrected chi connectivity index (χ0v) is 12.7. The molecule has 0 saturated heterocycles. The van der Waals surface area contributed by atoms with Crippen molar-refractivity contribution in [2.75, 3.05) is 19.7 Å². The van der Waals surface area contributed by atoms with Crippen LogP contribution in [0.3, 0.4) is 0 Å². The normalized spacial score (nSPS) is 16.4. The highest BCUT2D eigenvalue weighted by Gasteiger charge is 2.29. The monoisotopic (exact) mass is 277 g/mol. The van der Waals surface area contributed by atoms with Crippen LogP contribution in [-0.2, 0) is 0 Å². The SMILES string of the molecule is CCCCN(CC(O)c1ccc(OCC)cc1)C1CC1. The van der Waals surface area contributed by atoms with Crippen molar-refractivity contribution in [2.24, 2.45) is 0 Å². The van der Waals surface area contributed by atoms with Gasteiger partial charge in [-0.3, -0.25) is 4.90 Å². The van der Waals surface area contributed by atoms with Gasteiger partial charge in [0.05, 0.1) is 12.7 Å². The third-order valence-corrected chi connectivity index (χ3v) is 3.85. The van der Waals surface area contributed by atoms with Crippen molar-refractivity contribution in [3.05, 3.63) is 29.8 Å². The molecule has 1 N–H and O–H groups in total. The Hall–Kier alpha value is -1.06. The fourth-order valence-electron chi connectivity index (χ4n) is 2.50. The van der Waals surface area contributed by atoms with Gasteiger partial charge in [-0.1, -0.05) is 25.5 Å². The molecular formula is C17H27NO2. The predicted molar refractivity (Wildman–Crippen MR) is 82.1 cm³/mol. The fourth-order valence-corrected chi connectivity index (χ4v) is 2.50. The molecule has 0 bridgehead atoms. The average molecular weight is 277 g/mol. The standard InChI is InChI=1S/C17H27NO2/c1-3-5-12-18(15-8-9-15)13-17(19)14-6-10-16(11-7-14)20-4-2/h6-7,10-11,15,17,19H,3-5,8-9,12-13H2,1-2H3. The summed E-state index contributed by atoms with van der Waals surface area (Å²) in [5, 5.41) is 10.4. The summed E-state index contributed by atoms with van der Waals surface area (Å²) in [4.78, 5) is 2.45. The van der Waals surface area contributed by atoms with Gasteiger partial charge in [0.2, 0.25) is 0 Å². The minimum absolute atomic E-state index is 0.400. The Morgan fingerprint density at radius 2 is 1.95 bits per heavy atom. The van der Waals surface area contributed by atoms with Gasteiger partial charge in [-0.25, -0.2) is 0 Å². The maximum atomic E-state index is 10.4. The molecule has 3 nitrogen and oxygen atoms in total. The summed E-state index contributed by atoms with van der Waals surface area (Å²) >= 11 is 0. The summed E-state index contributed by atoms with van der Waals surface area (Å²) in [6.07, 6.45) is 4.61. The Balaban J connectivity index is 1.89. The Morgan fingerprint density at radius 3 is 2.50 bits per heavy atom. The Bertz CT molecular complexity index is 386. The topological polar surface area (TPSA) is 32.7 Å². The highest BCUT2D eigenvalue weighted by atomic mass is 16.5. The van der Waals surface area contributed by atoms with Gasteiger partial charge in [0.25, 0.3) is 0 Å². The molecule has 0 aliphatic heterocycles. The van der Waals surface area contributed by atoms with Crippen LogP contribution in [-0.4, -0.2) is 35.7 Å². The molecule has 1 aromatic carbocycles. The first-order chi connectivity index (χ1) is 9.74. The minimum Gasteiger partial charge on any atom is -0.494 e. The molecule has 1 aromatic rings. The van der Waals surface area contributed by atoms with Crippen LogP contribution in [0, 0.1) is 0 Å². The maximum Gasteiger partial charge on any atom is 0.119 e. The van der Waals surface area contributed by atoms with Crippen molar-refractivity contribution >= 4 is 0 Å². The number of hydrogen-bond acceptors (Lipinski definition) is 3. The van der Waals surface area contributed by atoms with E-state index >= 15 is 0 Å². The molecular weight excluding hydrogens is 250 g/mol. The summed E-state index contributed by atoms with van der Waals surface area (Å²) in [5.41, 5.74) is 0.982. The molecule has 1 aliphatic carbocycles.